The zero-order valence-electron chi connectivity index (χ0n) is 15.8. The summed E-state index contributed by atoms with van der Waals surface area (Å²) in [7, 11) is -1.87. The summed E-state index contributed by atoms with van der Waals surface area (Å²) in [4.78, 5) is 4.26. The van der Waals surface area contributed by atoms with Crippen molar-refractivity contribution in [2.24, 2.45) is 10.7 Å². The van der Waals surface area contributed by atoms with Gasteiger partial charge in [0.05, 0.1) is 17.4 Å². The summed E-state index contributed by atoms with van der Waals surface area (Å²) in [5.41, 5.74) is 5.60. The van der Waals surface area contributed by atoms with E-state index in [4.69, 9.17) is 11.0 Å². The van der Waals surface area contributed by atoms with Gasteiger partial charge in [0.2, 0.25) is 5.96 Å². The van der Waals surface area contributed by atoms with Crippen LogP contribution in [0.15, 0.2) is 47.5 Å². The number of guanidine groups is 1. The van der Waals surface area contributed by atoms with Gasteiger partial charge in [-0.3, -0.25) is 9.11 Å². The van der Waals surface area contributed by atoms with E-state index in [1.165, 1.54) is 55.6 Å². The molecule has 0 bridgehead atoms. The second-order valence-corrected chi connectivity index (χ2v) is 9.04. The standard InChI is InChI=1S/C20H20F2N4O2S/c1-20(12-29(27,28)26(2)19(24)25-20)16-9-14(5-8-17(16)21)10-18(22)15-6-3-13(11-23)4-7-15/h3-10,27-28H,12H2,1-2H3,(H2,24,25)/b18-10-/t20-/m0/s1. The average Bonchev–Trinajstić information content (AvgIpc) is 2.67. The number of nitriles is 1. The molecule has 0 aliphatic carbocycles. The molecular weight excluding hydrogens is 398 g/mol. The van der Waals surface area contributed by atoms with E-state index in [9.17, 15) is 17.9 Å². The third kappa shape index (κ3) is 4.10. The minimum atomic E-state index is -3.27. The van der Waals surface area contributed by atoms with Gasteiger partial charge in [-0.25, -0.2) is 18.1 Å². The van der Waals surface area contributed by atoms with Gasteiger partial charge in [0.25, 0.3) is 0 Å². The molecule has 0 spiro atoms. The van der Waals surface area contributed by atoms with E-state index in [0.29, 0.717) is 11.1 Å². The van der Waals surface area contributed by atoms with Crippen LogP contribution < -0.4 is 5.73 Å². The van der Waals surface area contributed by atoms with E-state index in [1.807, 2.05) is 6.07 Å². The molecule has 1 heterocycles. The van der Waals surface area contributed by atoms with Gasteiger partial charge in [-0.1, -0.05) is 18.2 Å². The number of benzene rings is 2. The number of halogens is 2. The fraction of sp³-hybridized carbons (Fsp3) is 0.200. The lowest BCUT2D eigenvalue weighted by Gasteiger charge is -2.49. The Hall–Kier alpha value is -2.93. The molecule has 29 heavy (non-hydrogen) atoms. The Morgan fingerprint density at radius 1 is 1.31 bits per heavy atom. The van der Waals surface area contributed by atoms with Gasteiger partial charge in [0.1, 0.15) is 17.2 Å². The zero-order chi connectivity index (χ0) is 21.4. The molecule has 6 nitrogen and oxygen atoms in total. The average molecular weight is 418 g/mol. The second kappa shape index (κ2) is 7.48. The third-order valence-electron chi connectivity index (χ3n) is 4.75. The molecule has 0 aromatic heterocycles. The molecular formula is C20H20F2N4O2S. The van der Waals surface area contributed by atoms with Gasteiger partial charge in [-0.15, -0.1) is 10.8 Å². The molecule has 152 valence electrons. The number of hydrogen-bond acceptors (Lipinski definition) is 6. The van der Waals surface area contributed by atoms with Crippen LogP contribution in [0.2, 0.25) is 0 Å². The predicted molar refractivity (Wildman–Crippen MR) is 111 cm³/mol. The number of nitrogens with two attached hydrogens (primary N) is 1. The van der Waals surface area contributed by atoms with Crippen molar-refractivity contribution in [1.82, 2.24) is 4.31 Å². The van der Waals surface area contributed by atoms with Crippen LogP contribution in [0.3, 0.4) is 0 Å². The van der Waals surface area contributed by atoms with Crippen molar-refractivity contribution in [3.05, 3.63) is 70.5 Å². The van der Waals surface area contributed by atoms with Gasteiger partial charge in [0, 0.05) is 18.2 Å². The van der Waals surface area contributed by atoms with E-state index in [1.54, 1.807) is 6.92 Å². The monoisotopic (exact) mass is 418 g/mol. The Balaban J connectivity index is 2.01. The van der Waals surface area contributed by atoms with Crippen molar-refractivity contribution in [3.63, 3.8) is 0 Å². The third-order valence-corrected chi connectivity index (χ3v) is 6.76. The minimum absolute atomic E-state index is 0.0786. The van der Waals surface area contributed by atoms with Crippen LogP contribution in [0.4, 0.5) is 8.78 Å². The molecule has 1 atom stereocenters. The maximum Gasteiger partial charge on any atom is 0.210 e. The first-order valence-electron chi connectivity index (χ1n) is 8.58. The number of rotatable bonds is 3. The molecule has 2 aromatic rings. The molecule has 9 heteroatoms. The Kier molecular flexibility index (Phi) is 5.36. The number of aliphatic imine (C=N–C) groups is 1. The molecule has 0 amide bonds. The highest BCUT2D eigenvalue weighted by atomic mass is 32.3. The quantitative estimate of drug-likeness (QED) is 0.644. The molecule has 3 rings (SSSR count). The van der Waals surface area contributed by atoms with Crippen LogP contribution in [0.25, 0.3) is 11.9 Å². The van der Waals surface area contributed by atoms with Crippen molar-refractivity contribution in [3.8, 4) is 6.07 Å². The van der Waals surface area contributed by atoms with E-state index >= 15 is 0 Å². The van der Waals surface area contributed by atoms with Gasteiger partial charge < -0.3 is 5.73 Å². The van der Waals surface area contributed by atoms with Crippen molar-refractivity contribution in [2.45, 2.75) is 12.5 Å². The molecule has 0 saturated heterocycles. The smallest absolute Gasteiger partial charge is 0.210 e. The van der Waals surface area contributed by atoms with Crippen LogP contribution in [0.5, 0.6) is 0 Å². The highest BCUT2D eigenvalue weighted by Gasteiger charge is 2.41. The van der Waals surface area contributed by atoms with Crippen molar-refractivity contribution in [1.29, 1.82) is 5.26 Å². The van der Waals surface area contributed by atoms with E-state index in [0.717, 1.165) is 4.31 Å². The van der Waals surface area contributed by atoms with E-state index in [-0.39, 0.29) is 22.8 Å². The maximum atomic E-state index is 14.6. The Morgan fingerprint density at radius 2 is 1.97 bits per heavy atom. The minimum Gasteiger partial charge on any atom is -0.369 e. The van der Waals surface area contributed by atoms with Crippen molar-refractivity contribution >= 4 is 28.6 Å². The lowest BCUT2D eigenvalue weighted by molar-refractivity contribution is 0.391. The van der Waals surface area contributed by atoms with E-state index < -0.39 is 28.0 Å². The first kappa shape index (κ1) is 20.8. The zero-order valence-corrected chi connectivity index (χ0v) is 16.6. The number of hydrogen-bond donors (Lipinski definition) is 3. The predicted octanol–water partition coefficient (Wildman–Crippen LogP) is 4.31. The summed E-state index contributed by atoms with van der Waals surface area (Å²) in [6, 6.07) is 11.9. The maximum absolute atomic E-state index is 14.6. The largest absolute Gasteiger partial charge is 0.369 e. The first-order chi connectivity index (χ1) is 13.6. The highest BCUT2D eigenvalue weighted by Crippen LogP contribution is 2.51. The second-order valence-electron chi connectivity index (χ2n) is 6.94. The van der Waals surface area contributed by atoms with Gasteiger partial charge in [0.15, 0.2) is 0 Å². The lowest BCUT2D eigenvalue weighted by Crippen LogP contribution is -2.47. The Labute approximate surface area is 169 Å². The molecule has 2 aromatic carbocycles. The SMILES string of the molecule is CN1C(N)=N[C@](C)(c2cc(/C=C(\F)c3ccc(C#N)cc3)ccc2F)CS1(O)O. The molecule has 0 radical (unpaired) electrons. The topological polar surface area (TPSA) is 106 Å². The fourth-order valence-electron chi connectivity index (χ4n) is 3.10. The number of nitrogens with zero attached hydrogens (tertiary/aromatic N) is 3. The Bertz CT molecular complexity index is 1050. The summed E-state index contributed by atoms with van der Waals surface area (Å²) in [6.45, 7) is 1.55. The molecule has 1 aliphatic heterocycles. The van der Waals surface area contributed by atoms with Crippen LogP contribution in [0, 0.1) is 17.1 Å². The van der Waals surface area contributed by atoms with Crippen molar-refractivity contribution < 1.29 is 17.9 Å². The fourth-order valence-corrected chi connectivity index (χ4v) is 4.60. The lowest BCUT2D eigenvalue weighted by atomic mass is 9.92. The van der Waals surface area contributed by atoms with Crippen molar-refractivity contribution in [2.75, 3.05) is 12.8 Å². The van der Waals surface area contributed by atoms with Crippen LogP contribution >= 0.6 is 10.8 Å². The van der Waals surface area contributed by atoms with Gasteiger partial charge >= 0.3 is 0 Å². The van der Waals surface area contributed by atoms with Gasteiger partial charge in [-0.2, -0.15) is 5.26 Å². The van der Waals surface area contributed by atoms with Crippen LogP contribution in [-0.2, 0) is 5.54 Å². The van der Waals surface area contributed by atoms with Crippen LogP contribution in [-0.4, -0.2) is 32.2 Å². The summed E-state index contributed by atoms with van der Waals surface area (Å²) in [6.07, 6.45) is 1.23. The molecule has 0 unspecified atom stereocenters. The summed E-state index contributed by atoms with van der Waals surface area (Å²) >= 11 is 0. The molecule has 1 aliphatic rings. The summed E-state index contributed by atoms with van der Waals surface area (Å²) in [5, 5.41) is 8.83. The first-order valence-corrected chi connectivity index (χ1v) is 10.3. The summed E-state index contributed by atoms with van der Waals surface area (Å²) in [5.74, 6) is -1.55. The summed E-state index contributed by atoms with van der Waals surface area (Å²) < 4.78 is 50.9. The van der Waals surface area contributed by atoms with E-state index in [2.05, 4.69) is 4.99 Å². The Morgan fingerprint density at radius 3 is 2.55 bits per heavy atom. The van der Waals surface area contributed by atoms with Gasteiger partial charge in [-0.05, 0) is 42.8 Å². The molecule has 0 fully saturated rings. The normalized spacial score (nSPS) is 22.6. The molecule has 4 N–H and O–H groups in total. The van der Waals surface area contributed by atoms with Crippen LogP contribution in [0.1, 0.15) is 29.2 Å². The molecule has 0 saturated carbocycles. The highest BCUT2D eigenvalue weighted by molar-refractivity contribution is 8.22.